The number of halogens is 3. The Hall–Kier alpha value is -3.95. The van der Waals surface area contributed by atoms with Crippen molar-refractivity contribution in [3.8, 4) is 22.8 Å². The van der Waals surface area contributed by atoms with Gasteiger partial charge in [0.15, 0.2) is 0 Å². The first-order valence-corrected chi connectivity index (χ1v) is 9.55. The summed E-state index contributed by atoms with van der Waals surface area (Å²) in [5, 5.41) is 9.97. The molecule has 0 atom stereocenters. The van der Waals surface area contributed by atoms with Crippen LogP contribution in [-0.4, -0.2) is 34.8 Å². The Balaban J connectivity index is 1.93. The molecule has 0 aliphatic heterocycles. The highest BCUT2D eigenvalue weighted by molar-refractivity contribution is 6.06. The number of nitrogens with two attached hydrogens (primary N) is 1. The molecule has 10 heteroatoms. The van der Waals surface area contributed by atoms with Crippen LogP contribution in [0.2, 0.25) is 0 Å². The minimum atomic E-state index is -4.83. The van der Waals surface area contributed by atoms with Crippen molar-refractivity contribution in [1.29, 1.82) is 5.41 Å². The molecule has 0 aliphatic carbocycles. The molecule has 166 valence electrons. The number of carbonyl (C=O) groups excluding carboxylic acids is 1. The molecule has 0 saturated heterocycles. The number of amides is 1. The number of alkyl halides is 3. The summed E-state index contributed by atoms with van der Waals surface area (Å²) in [6, 6.07) is 9.39. The lowest BCUT2D eigenvalue weighted by Gasteiger charge is -2.14. The van der Waals surface area contributed by atoms with Crippen molar-refractivity contribution in [2.24, 2.45) is 5.73 Å². The van der Waals surface area contributed by atoms with E-state index in [1.54, 1.807) is 30.3 Å². The van der Waals surface area contributed by atoms with Crippen molar-refractivity contribution >= 4 is 17.4 Å². The minimum Gasteiger partial charge on any atom is -0.456 e. The maximum Gasteiger partial charge on any atom is 0.433 e. The summed E-state index contributed by atoms with van der Waals surface area (Å²) in [6.07, 6.45) is -1.48. The van der Waals surface area contributed by atoms with Gasteiger partial charge in [-0.3, -0.25) is 15.2 Å². The van der Waals surface area contributed by atoms with Crippen LogP contribution in [-0.2, 0) is 6.42 Å². The number of hydrogen-bond acceptors (Lipinski definition) is 6. The Kier molecular flexibility index (Phi) is 6.42. The Morgan fingerprint density at radius 1 is 1.12 bits per heavy atom. The number of aromatic nitrogens is 2. The highest BCUT2D eigenvalue weighted by Gasteiger charge is 2.37. The van der Waals surface area contributed by atoms with Crippen LogP contribution < -0.4 is 15.8 Å². The fraction of sp³-hybridized carbons (Fsp3) is 0.182. The molecular weight excluding hydrogens is 423 g/mol. The highest BCUT2D eigenvalue weighted by Crippen LogP contribution is 2.31. The Morgan fingerprint density at radius 3 is 2.50 bits per heavy atom. The number of nitrogens with zero attached hydrogens (tertiary/aromatic N) is 2. The van der Waals surface area contributed by atoms with Crippen LogP contribution in [0.4, 0.5) is 19.0 Å². The van der Waals surface area contributed by atoms with Gasteiger partial charge in [-0.1, -0.05) is 13.0 Å². The molecule has 1 amide bonds. The number of rotatable bonds is 7. The average Bonchev–Trinajstić information content (AvgIpc) is 2.77. The van der Waals surface area contributed by atoms with Crippen molar-refractivity contribution in [2.45, 2.75) is 19.5 Å². The Labute approximate surface area is 182 Å². The maximum absolute atomic E-state index is 13.0. The minimum absolute atomic E-state index is 0.0310. The molecule has 0 unspecified atom stereocenters. The van der Waals surface area contributed by atoms with Crippen molar-refractivity contribution in [1.82, 2.24) is 9.97 Å². The molecule has 3 aromatic rings. The van der Waals surface area contributed by atoms with E-state index in [9.17, 15) is 18.0 Å². The van der Waals surface area contributed by atoms with Gasteiger partial charge >= 0.3 is 6.18 Å². The number of ether oxygens (including phenoxy) is 1. The third kappa shape index (κ3) is 4.85. The van der Waals surface area contributed by atoms with Gasteiger partial charge in [0.2, 0.25) is 5.91 Å². The molecule has 2 heterocycles. The number of aryl methyl sites for hydroxylation is 1. The molecule has 4 N–H and O–H groups in total. The monoisotopic (exact) mass is 443 g/mol. The van der Waals surface area contributed by atoms with E-state index >= 15 is 0 Å². The molecule has 0 aliphatic rings. The number of anilines is 1. The van der Waals surface area contributed by atoms with Gasteiger partial charge in [-0.05, 0) is 36.2 Å². The molecule has 0 saturated carbocycles. The zero-order chi connectivity index (χ0) is 23.5. The predicted molar refractivity (Wildman–Crippen MR) is 114 cm³/mol. The zero-order valence-corrected chi connectivity index (χ0v) is 17.2. The van der Waals surface area contributed by atoms with E-state index in [4.69, 9.17) is 15.9 Å². The predicted octanol–water partition coefficient (Wildman–Crippen LogP) is 4.57. The first kappa shape index (κ1) is 22.7. The maximum atomic E-state index is 13.0. The van der Waals surface area contributed by atoms with Crippen LogP contribution in [0.3, 0.4) is 0 Å². The van der Waals surface area contributed by atoms with Gasteiger partial charge in [0, 0.05) is 30.4 Å². The first-order chi connectivity index (χ1) is 15.1. The first-order valence-electron chi connectivity index (χ1n) is 9.55. The summed E-state index contributed by atoms with van der Waals surface area (Å²) in [5.74, 6) is -0.257. The van der Waals surface area contributed by atoms with E-state index in [1.165, 1.54) is 19.4 Å². The van der Waals surface area contributed by atoms with Crippen LogP contribution in [0.5, 0.6) is 11.5 Å². The second-order valence-corrected chi connectivity index (χ2v) is 6.76. The van der Waals surface area contributed by atoms with E-state index in [2.05, 4.69) is 15.3 Å². The SMILES string of the molecule is CCc1cc(-c2cc(Oc3cnc(NC)c(C(=N)C(F)(F)F)c3)ccn2)ccc1C(N)=O. The molecular formula is C22H20F3N5O2. The third-order valence-electron chi connectivity index (χ3n) is 4.67. The van der Waals surface area contributed by atoms with Crippen LogP contribution in [0.1, 0.15) is 28.4 Å². The van der Waals surface area contributed by atoms with Gasteiger partial charge in [0.05, 0.1) is 17.5 Å². The summed E-state index contributed by atoms with van der Waals surface area (Å²) >= 11 is 0. The number of benzene rings is 1. The lowest BCUT2D eigenvalue weighted by atomic mass is 9.99. The van der Waals surface area contributed by atoms with Crippen LogP contribution in [0.15, 0.2) is 48.8 Å². The van der Waals surface area contributed by atoms with E-state index < -0.39 is 23.4 Å². The largest absolute Gasteiger partial charge is 0.456 e. The molecule has 2 aromatic heterocycles. The lowest BCUT2D eigenvalue weighted by Crippen LogP contribution is -2.24. The van der Waals surface area contributed by atoms with Gasteiger partial charge in [0.1, 0.15) is 23.0 Å². The van der Waals surface area contributed by atoms with Gasteiger partial charge in [-0.15, -0.1) is 0 Å². The number of primary amides is 1. The van der Waals surface area contributed by atoms with Gasteiger partial charge in [-0.25, -0.2) is 4.98 Å². The third-order valence-corrected chi connectivity index (χ3v) is 4.67. The number of hydrogen-bond donors (Lipinski definition) is 3. The Bertz CT molecular complexity index is 1180. The summed E-state index contributed by atoms with van der Waals surface area (Å²) < 4.78 is 44.8. The molecule has 0 bridgehead atoms. The van der Waals surface area contributed by atoms with Crippen LogP contribution in [0, 0.1) is 5.41 Å². The highest BCUT2D eigenvalue weighted by atomic mass is 19.4. The number of carbonyl (C=O) groups is 1. The standard InChI is InChI=1S/C22H20F3N5O2/c1-3-12-8-13(4-5-16(12)20(27)31)18-10-14(6-7-29-18)32-15-9-17(19(26)22(23,24)25)21(28-2)30-11-15/h4-11,26H,3H2,1-2H3,(H2,27,31)(H,28,30). The molecule has 0 spiro atoms. The van der Waals surface area contributed by atoms with E-state index in [0.29, 0.717) is 23.4 Å². The quantitative estimate of drug-likeness (QED) is 0.463. The average molecular weight is 443 g/mol. The fourth-order valence-corrected chi connectivity index (χ4v) is 3.10. The molecule has 1 aromatic carbocycles. The zero-order valence-electron chi connectivity index (χ0n) is 17.2. The van der Waals surface area contributed by atoms with Crippen molar-refractivity contribution in [3.63, 3.8) is 0 Å². The van der Waals surface area contributed by atoms with E-state index in [-0.39, 0.29) is 11.6 Å². The molecule has 0 fully saturated rings. The van der Waals surface area contributed by atoms with Crippen molar-refractivity contribution in [3.05, 3.63) is 65.5 Å². The fourth-order valence-electron chi connectivity index (χ4n) is 3.10. The smallest absolute Gasteiger partial charge is 0.433 e. The summed E-state index contributed by atoms with van der Waals surface area (Å²) in [5.41, 5.74) is 5.90. The molecule has 3 rings (SSSR count). The topological polar surface area (TPSA) is 114 Å². The Morgan fingerprint density at radius 2 is 1.88 bits per heavy atom. The number of nitrogens with one attached hydrogen (secondary N) is 2. The van der Waals surface area contributed by atoms with Crippen molar-refractivity contribution < 1.29 is 22.7 Å². The molecule has 0 radical (unpaired) electrons. The van der Waals surface area contributed by atoms with Gasteiger partial charge in [0.25, 0.3) is 0 Å². The van der Waals surface area contributed by atoms with Gasteiger partial charge in [-0.2, -0.15) is 13.2 Å². The second-order valence-electron chi connectivity index (χ2n) is 6.76. The van der Waals surface area contributed by atoms with Gasteiger partial charge < -0.3 is 15.8 Å². The van der Waals surface area contributed by atoms with Crippen LogP contribution in [0.25, 0.3) is 11.3 Å². The summed E-state index contributed by atoms with van der Waals surface area (Å²) in [4.78, 5) is 19.8. The summed E-state index contributed by atoms with van der Waals surface area (Å²) in [6.45, 7) is 1.90. The molecule has 32 heavy (non-hydrogen) atoms. The lowest BCUT2D eigenvalue weighted by molar-refractivity contribution is -0.0587. The van der Waals surface area contributed by atoms with Crippen LogP contribution >= 0.6 is 0 Å². The molecule has 7 nitrogen and oxygen atoms in total. The summed E-state index contributed by atoms with van der Waals surface area (Å²) in [7, 11) is 1.42. The van der Waals surface area contributed by atoms with Crippen molar-refractivity contribution in [2.75, 3.05) is 12.4 Å². The van der Waals surface area contributed by atoms with E-state index in [1.807, 2.05) is 6.92 Å². The normalized spacial score (nSPS) is 11.2. The van der Waals surface area contributed by atoms with E-state index in [0.717, 1.165) is 17.2 Å². The number of pyridine rings is 2. The second kappa shape index (κ2) is 9.04.